The lowest BCUT2D eigenvalue weighted by atomic mass is 10.2. The van der Waals surface area contributed by atoms with Gasteiger partial charge in [0.25, 0.3) is 5.91 Å². The molecule has 25 heavy (non-hydrogen) atoms. The summed E-state index contributed by atoms with van der Waals surface area (Å²) in [5.74, 6) is 2.05. The van der Waals surface area contributed by atoms with Crippen LogP contribution in [-0.2, 0) is 4.79 Å². The molecular formula is C19H23NO5. The van der Waals surface area contributed by atoms with Crippen LogP contribution >= 0.6 is 0 Å². The number of para-hydroxylation sites is 2. The normalized spacial score (nSPS) is 10.0. The number of amides is 1. The van der Waals surface area contributed by atoms with Crippen LogP contribution in [-0.4, -0.2) is 32.8 Å². The molecular weight excluding hydrogens is 322 g/mol. The number of methoxy groups -OCH3 is 1. The Morgan fingerprint density at radius 3 is 2.20 bits per heavy atom. The second-order valence-electron chi connectivity index (χ2n) is 5.02. The van der Waals surface area contributed by atoms with Gasteiger partial charge < -0.3 is 24.3 Å². The summed E-state index contributed by atoms with van der Waals surface area (Å²) in [5.41, 5.74) is 0.612. The van der Waals surface area contributed by atoms with Gasteiger partial charge in [-0.05, 0) is 38.1 Å². The van der Waals surface area contributed by atoms with Crippen LogP contribution in [0.25, 0.3) is 0 Å². The summed E-state index contributed by atoms with van der Waals surface area (Å²) in [6.45, 7) is 4.72. The van der Waals surface area contributed by atoms with E-state index in [0.717, 1.165) is 0 Å². The molecule has 6 heteroatoms. The highest BCUT2D eigenvalue weighted by atomic mass is 16.5. The molecule has 0 aliphatic heterocycles. The van der Waals surface area contributed by atoms with Crippen LogP contribution in [0.2, 0.25) is 0 Å². The molecule has 1 amide bonds. The van der Waals surface area contributed by atoms with Crippen molar-refractivity contribution in [1.29, 1.82) is 0 Å². The van der Waals surface area contributed by atoms with E-state index in [1.165, 1.54) is 0 Å². The molecule has 1 N–H and O–H groups in total. The Labute approximate surface area is 147 Å². The van der Waals surface area contributed by atoms with E-state index >= 15 is 0 Å². The standard InChI is InChI=1S/C19H23NO5/c1-4-23-17-11-10-14(12-18(17)24-5-2)20-19(21)13-25-16-9-7-6-8-15(16)22-3/h6-12H,4-5,13H2,1-3H3,(H,20,21). The van der Waals surface area contributed by atoms with Crippen molar-refractivity contribution in [3.63, 3.8) is 0 Å². The van der Waals surface area contributed by atoms with Gasteiger partial charge in [0.05, 0.1) is 20.3 Å². The first-order chi connectivity index (χ1) is 12.2. The number of rotatable bonds is 9. The van der Waals surface area contributed by atoms with Crippen LogP contribution in [0, 0.1) is 0 Å². The fourth-order valence-electron chi connectivity index (χ4n) is 2.21. The number of nitrogens with one attached hydrogen (secondary N) is 1. The topological polar surface area (TPSA) is 66.0 Å². The van der Waals surface area contributed by atoms with E-state index in [1.807, 2.05) is 26.0 Å². The van der Waals surface area contributed by atoms with Crippen LogP contribution in [0.4, 0.5) is 5.69 Å². The van der Waals surface area contributed by atoms with Crippen LogP contribution in [0.3, 0.4) is 0 Å². The molecule has 2 aromatic carbocycles. The molecule has 0 saturated carbocycles. The molecule has 2 rings (SSSR count). The number of benzene rings is 2. The fraction of sp³-hybridized carbons (Fsp3) is 0.316. The molecule has 0 aliphatic rings. The van der Waals surface area contributed by atoms with Crippen LogP contribution in [0.5, 0.6) is 23.0 Å². The Bertz CT molecular complexity index is 702. The van der Waals surface area contributed by atoms with Gasteiger partial charge in [-0.25, -0.2) is 0 Å². The van der Waals surface area contributed by atoms with Gasteiger partial charge >= 0.3 is 0 Å². The SMILES string of the molecule is CCOc1ccc(NC(=O)COc2ccccc2OC)cc1OCC. The molecule has 134 valence electrons. The van der Waals surface area contributed by atoms with Crippen molar-refractivity contribution in [3.8, 4) is 23.0 Å². The van der Waals surface area contributed by atoms with Crippen molar-refractivity contribution in [2.75, 3.05) is 32.2 Å². The van der Waals surface area contributed by atoms with E-state index in [1.54, 1.807) is 37.4 Å². The van der Waals surface area contributed by atoms with Crippen molar-refractivity contribution >= 4 is 11.6 Å². The highest BCUT2D eigenvalue weighted by molar-refractivity contribution is 5.92. The minimum Gasteiger partial charge on any atom is -0.493 e. The molecule has 0 radical (unpaired) electrons. The van der Waals surface area contributed by atoms with E-state index in [-0.39, 0.29) is 12.5 Å². The number of carbonyl (C=O) groups is 1. The van der Waals surface area contributed by atoms with Gasteiger partial charge in [-0.15, -0.1) is 0 Å². The number of hydrogen-bond acceptors (Lipinski definition) is 5. The predicted molar refractivity (Wildman–Crippen MR) is 95.9 cm³/mol. The van der Waals surface area contributed by atoms with Crippen molar-refractivity contribution < 1.29 is 23.7 Å². The smallest absolute Gasteiger partial charge is 0.262 e. The first-order valence-corrected chi connectivity index (χ1v) is 8.13. The van der Waals surface area contributed by atoms with E-state index in [4.69, 9.17) is 18.9 Å². The quantitative estimate of drug-likeness (QED) is 0.753. The number of carbonyl (C=O) groups excluding carboxylic acids is 1. The minimum absolute atomic E-state index is 0.127. The van der Waals surface area contributed by atoms with Crippen molar-refractivity contribution in [2.45, 2.75) is 13.8 Å². The summed E-state index contributed by atoms with van der Waals surface area (Å²) >= 11 is 0. The Kier molecular flexibility index (Phi) is 6.95. The largest absolute Gasteiger partial charge is 0.493 e. The van der Waals surface area contributed by atoms with E-state index in [0.29, 0.717) is 41.9 Å². The van der Waals surface area contributed by atoms with Crippen LogP contribution in [0.15, 0.2) is 42.5 Å². The summed E-state index contributed by atoms with van der Waals surface area (Å²) in [7, 11) is 1.55. The van der Waals surface area contributed by atoms with Gasteiger partial charge in [0, 0.05) is 11.8 Å². The maximum atomic E-state index is 12.1. The van der Waals surface area contributed by atoms with Gasteiger partial charge in [0.1, 0.15) is 0 Å². The maximum Gasteiger partial charge on any atom is 0.262 e. The van der Waals surface area contributed by atoms with Gasteiger partial charge in [0.2, 0.25) is 0 Å². The molecule has 2 aromatic rings. The van der Waals surface area contributed by atoms with Gasteiger partial charge in [-0.1, -0.05) is 12.1 Å². The summed E-state index contributed by atoms with van der Waals surface area (Å²) in [4.78, 5) is 12.1. The Morgan fingerprint density at radius 1 is 0.880 bits per heavy atom. The third kappa shape index (κ3) is 5.31. The number of anilines is 1. The van der Waals surface area contributed by atoms with Crippen molar-refractivity contribution in [3.05, 3.63) is 42.5 Å². The summed E-state index contributed by atoms with van der Waals surface area (Å²) in [5, 5.41) is 2.78. The molecule has 0 fully saturated rings. The zero-order valence-corrected chi connectivity index (χ0v) is 14.7. The third-order valence-electron chi connectivity index (χ3n) is 3.25. The molecule has 0 spiro atoms. The fourth-order valence-corrected chi connectivity index (χ4v) is 2.21. The van der Waals surface area contributed by atoms with E-state index in [2.05, 4.69) is 5.32 Å². The molecule has 6 nitrogen and oxygen atoms in total. The lowest BCUT2D eigenvalue weighted by Gasteiger charge is -2.13. The Hall–Kier alpha value is -2.89. The average Bonchev–Trinajstić information content (AvgIpc) is 2.62. The summed E-state index contributed by atoms with van der Waals surface area (Å²) in [6, 6.07) is 12.4. The Balaban J connectivity index is 1.99. The Morgan fingerprint density at radius 2 is 1.52 bits per heavy atom. The second kappa shape index (κ2) is 9.42. The summed E-state index contributed by atoms with van der Waals surface area (Å²) in [6.07, 6.45) is 0. The zero-order valence-electron chi connectivity index (χ0n) is 14.7. The molecule has 0 heterocycles. The van der Waals surface area contributed by atoms with Crippen molar-refractivity contribution in [2.24, 2.45) is 0 Å². The molecule has 0 aromatic heterocycles. The highest BCUT2D eigenvalue weighted by Crippen LogP contribution is 2.30. The first-order valence-electron chi connectivity index (χ1n) is 8.13. The van der Waals surface area contributed by atoms with E-state index < -0.39 is 0 Å². The van der Waals surface area contributed by atoms with Gasteiger partial charge in [-0.3, -0.25) is 4.79 Å². The monoisotopic (exact) mass is 345 g/mol. The minimum atomic E-state index is -0.280. The molecule has 0 bridgehead atoms. The van der Waals surface area contributed by atoms with Crippen molar-refractivity contribution in [1.82, 2.24) is 0 Å². The van der Waals surface area contributed by atoms with Gasteiger partial charge in [0.15, 0.2) is 29.6 Å². The lowest BCUT2D eigenvalue weighted by Crippen LogP contribution is -2.20. The molecule has 0 aliphatic carbocycles. The van der Waals surface area contributed by atoms with Crippen LogP contribution in [0.1, 0.15) is 13.8 Å². The first kappa shape index (κ1) is 18.4. The highest BCUT2D eigenvalue weighted by Gasteiger charge is 2.10. The number of hydrogen-bond donors (Lipinski definition) is 1. The molecule has 0 atom stereocenters. The molecule has 0 unspecified atom stereocenters. The number of ether oxygens (including phenoxy) is 4. The van der Waals surface area contributed by atoms with Crippen LogP contribution < -0.4 is 24.3 Å². The maximum absolute atomic E-state index is 12.1. The second-order valence-corrected chi connectivity index (χ2v) is 5.02. The third-order valence-corrected chi connectivity index (χ3v) is 3.25. The lowest BCUT2D eigenvalue weighted by molar-refractivity contribution is -0.118. The van der Waals surface area contributed by atoms with Gasteiger partial charge in [-0.2, -0.15) is 0 Å². The summed E-state index contributed by atoms with van der Waals surface area (Å²) < 4.78 is 21.7. The predicted octanol–water partition coefficient (Wildman–Crippen LogP) is 3.51. The average molecular weight is 345 g/mol. The molecule has 0 saturated heterocycles. The van der Waals surface area contributed by atoms with E-state index in [9.17, 15) is 4.79 Å². The zero-order chi connectivity index (χ0) is 18.1.